The summed E-state index contributed by atoms with van der Waals surface area (Å²) in [5.74, 6) is -1.14. The molecule has 0 amide bonds. The SMILES string of the molecule is CC(OCO)C(N)C(=O)O. The van der Waals surface area contributed by atoms with Crippen LogP contribution < -0.4 is 5.73 Å². The van der Waals surface area contributed by atoms with Crippen LogP contribution in [0.25, 0.3) is 0 Å². The lowest BCUT2D eigenvalue weighted by molar-refractivity contribution is -0.144. The van der Waals surface area contributed by atoms with Gasteiger partial charge < -0.3 is 20.7 Å². The molecule has 0 aliphatic rings. The van der Waals surface area contributed by atoms with Crippen LogP contribution in [-0.2, 0) is 9.53 Å². The standard InChI is InChI=1S/C5H11NO4/c1-3(10-2-7)4(6)5(8)9/h3-4,7H,2,6H2,1H3,(H,8,9). The van der Waals surface area contributed by atoms with Crippen molar-refractivity contribution >= 4 is 5.97 Å². The number of aliphatic carboxylic acids is 1. The molecule has 0 fully saturated rings. The highest BCUT2D eigenvalue weighted by molar-refractivity contribution is 5.73. The lowest BCUT2D eigenvalue weighted by Crippen LogP contribution is -2.41. The van der Waals surface area contributed by atoms with Crippen molar-refractivity contribution in [2.75, 3.05) is 6.79 Å². The smallest absolute Gasteiger partial charge is 0.323 e. The Hall–Kier alpha value is -0.650. The van der Waals surface area contributed by atoms with Crippen molar-refractivity contribution in [1.29, 1.82) is 0 Å². The third kappa shape index (κ3) is 2.77. The molecule has 0 spiro atoms. The summed E-state index contributed by atoms with van der Waals surface area (Å²) >= 11 is 0. The largest absolute Gasteiger partial charge is 0.480 e. The van der Waals surface area contributed by atoms with Crippen molar-refractivity contribution in [2.45, 2.75) is 19.1 Å². The van der Waals surface area contributed by atoms with Gasteiger partial charge in [-0.05, 0) is 6.92 Å². The van der Waals surface area contributed by atoms with Crippen molar-refractivity contribution in [3.63, 3.8) is 0 Å². The summed E-state index contributed by atoms with van der Waals surface area (Å²) in [6, 6.07) is -1.08. The number of carboxylic acids is 1. The second-order valence-electron chi connectivity index (χ2n) is 1.86. The zero-order valence-corrected chi connectivity index (χ0v) is 5.65. The van der Waals surface area contributed by atoms with Gasteiger partial charge in [0.15, 0.2) is 0 Å². The summed E-state index contributed by atoms with van der Waals surface area (Å²) in [4.78, 5) is 10.1. The van der Waals surface area contributed by atoms with Gasteiger partial charge in [-0.15, -0.1) is 0 Å². The van der Waals surface area contributed by atoms with Gasteiger partial charge in [-0.3, -0.25) is 4.79 Å². The van der Waals surface area contributed by atoms with Crippen molar-refractivity contribution in [1.82, 2.24) is 0 Å². The average molecular weight is 149 g/mol. The number of carbonyl (C=O) groups is 1. The maximum absolute atomic E-state index is 10.1. The fourth-order valence-corrected chi connectivity index (χ4v) is 0.422. The Morgan fingerprint density at radius 1 is 1.80 bits per heavy atom. The van der Waals surface area contributed by atoms with Gasteiger partial charge in [0.2, 0.25) is 0 Å². The van der Waals surface area contributed by atoms with E-state index in [-0.39, 0.29) is 0 Å². The average Bonchev–Trinajstić information content (AvgIpc) is 1.87. The molecular weight excluding hydrogens is 138 g/mol. The van der Waals surface area contributed by atoms with Crippen LogP contribution in [0, 0.1) is 0 Å². The highest BCUT2D eigenvalue weighted by Crippen LogP contribution is 1.94. The number of aliphatic hydroxyl groups is 1. The summed E-state index contributed by atoms with van der Waals surface area (Å²) in [7, 11) is 0. The predicted octanol–water partition coefficient (Wildman–Crippen LogP) is -1.25. The molecule has 4 N–H and O–H groups in total. The molecule has 2 atom stereocenters. The number of carboxylic acid groups (broad SMARTS) is 1. The van der Waals surface area contributed by atoms with E-state index in [4.69, 9.17) is 15.9 Å². The molecule has 5 nitrogen and oxygen atoms in total. The Kier molecular flexibility index (Phi) is 3.94. The number of ether oxygens (including phenoxy) is 1. The third-order valence-corrected chi connectivity index (χ3v) is 1.13. The molecule has 60 valence electrons. The topological polar surface area (TPSA) is 92.8 Å². The fraction of sp³-hybridized carbons (Fsp3) is 0.800. The minimum absolute atomic E-state index is 0.512. The van der Waals surface area contributed by atoms with Crippen LogP contribution in [0.1, 0.15) is 6.92 Å². The zero-order chi connectivity index (χ0) is 8.15. The summed E-state index contributed by atoms with van der Waals surface area (Å²) in [6.45, 7) is 0.969. The van der Waals surface area contributed by atoms with Crippen LogP contribution in [0.2, 0.25) is 0 Å². The molecule has 0 bridgehead atoms. The number of nitrogens with two attached hydrogens (primary N) is 1. The molecule has 0 rings (SSSR count). The van der Waals surface area contributed by atoms with Crippen LogP contribution in [0.5, 0.6) is 0 Å². The highest BCUT2D eigenvalue weighted by atomic mass is 16.6. The van der Waals surface area contributed by atoms with Gasteiger partial charge in [-0.1, -0.05) is 0 Å². The zero-order valence-electron chi connectivity index (χ0n) is 5.65. The van der Waals surface area contributed by atoms with Crippen LogP contribution >= 0.6 is 0 Å². The first-order chi connectivity index (χ1) is 4.59. The Balaban J connectivity index is 3.69. The molecule has 0 aliphatic carbocycles. The molecule has 0 saturated heterocycles. The molecule has 0 heterocycles. The number of rotatable bonds is 4. The van der Waals surface area contributed by atoms with Crippen molar-refractivity contribution < 1.29 is 19.7 Å². The minimum atomic E-state index is -1.14. The predicted molar refractivity (Wildman–Crippen MR) is 33.2 cm³/mol. The number of hydrogen-bond acceptors (Lipinski definition) is 4. The maximum atomic E-state index is 10.1. The molecule has 0 aromatic heterocycles. The van der Waals surface area contributed by atoms with E-state index in [1.807, 2.05) is 0 Å². The van der Waals surface area contributed by atoms with Crippen molar-refractivity contribution in [3.05, 3.63) is 0 Å². The van der Waals surface area contributed by atoms with Gasteiger partial charge in [0.1, 0.15) is 12.8 Å². The number of aliphatic hydroxyl groups excluding tert-OH is 1. The summed E-state index contributed by atoms with van der Waals surface area (Å²) < 4.78 is 4.51. The maximum Gasteiger partial charge on any atom is 0.323 e. The first-order valence-electron chi connectivity index (χ1n) is 2.80. The van der Waals surface area contributed by atoms with Gasteiger partial charge in [-0.2, -0.15) is 0 Å². The van der Waals surface area contributed by atoms with Crippen molar-refractivity contribution in [3.8, 4) is 0 Å². The second kappa shape index (κ2) is 4.21. The molecule has 10 heavy (non-hydrogen) atoms. The van der Waals surface area contributed by atoms with Crippen LogP contribution in [0.15, 0.2) is 0 Å². The van der Waals surface area contributed by atoms with Crippen LogP contribution in [0.4, 0.5) is 0 Å². The fourth-order valence-electron chi connectivity index (χ4n) is 0.422. The van der Waals surface area contributed by atoms with E-state index >= 15 is 0 Å². The molecule has 5 heteroatoms. The summed E-state index contributed by atoms with van der Waals surface area (Å²) in [6.07, 6.45) is -0.664. The van der Waals surface area contributed by atoms with E-state index in [2.05, 4.69) is 4.74 Å². The van der Waals surface area contributed by atoms with E-state index < -0.39 is 24.9 Å². The van der Waals surface area contributed by atoms with E-state index in [9.17, 15) is 4.79 Å². The van der Waals surface area contributed by atoms with E-state index in [0.717, 1.165) is 0 Å². The Labute approximate surface area is 58.4 Å². The Morgan fingerprint density at radius 3 is 2.60 bits per heavy atom. The molecule has 0 aliphatic heterocycles. The van der Waals surface area contributed by atoms with Gasteiger partial charge in [0, 0.05) is 0 Å². The first-order valence-corrected chi connectivity index (χ1v) is 2.80. The minimum Gasteiger partial charge on any atom is -0.480 e. The molecular formula is C5H11NO4. The van der Waals surface area contributed by atoms with E-state index in [0.29, 0.717) is 0 Å². The number of hydrogen-bond donors (Lipinski definition) is 3. The third-order valence-electron chi connectivity index (χ3n) is 1.13. The summed E-state index contributed by atoms with van der Waals surface area (Å²) in [5, 5.41) is 16.5. The van der Waals surface area contributed by atoms with Crippen molar-refractivity contribution in [2.24, 2.45) is 5.73 Å². The lowest BCUT2D eigenvalue weighted by Gasteiger charge is -2.14. The lowest BCUT2D eigenvalue weighted by atomic mass is 10.2. The van der Waals surface area contributed by atoms with Crippen LogP contribution in [-0.4, -0.2) is 35.1 Å². The van der Waals surface area contributed by atoms with E-state index in [1.54, 1.807) is 0 Å². The van der Waals surface area contributed by atoms with Gasteiger partial charge in [0.25, 0.3) is 0 Å². The second-order valence-corrected chi connectivity index (χ2v) is 1.86. The molecule has 0 saturated carbocycles. The van der Waals surface area contributed by atoms with Gasteiger partial charge >= 0.3 is 5.97 Å². The molecule has 2 unspecified atom stereocenters. The summed E-state index contributed by atoms with van der Waals surface area (Å²) in [5.41, 5.74) is 5.11. The van der Waals surface area contributed by atoms with Crippen LogP contribution in [0.3, 0.4) is 0 Å². The first kappa shape index (κ1) is 9.35. The quantitative estimate of drug-likeness (QED) is 0.434. The highest BCUT2D eigenvalue weighted by Gasteiger charge is 2.19. The van der Waals surface area contributed by atoms with E-state index in [1.165, 1.54) is 6.92 Å². The van der Waals surface area contributed by atoms with Gasteiger partial charge in [0.05, 0.1) is 6.10 Å². The van der Waals surface area contributed by atoms with Gasteiger partial charge in [-0.25, -0.2) is 0 Å². The Morgan fingerprint density at radius 2 is 2.30 bits per heavy atom. The molecule has 0 aromatic carbocycles. The Bertz CT molecular complexity index is 116. The monoisotopic (exact) mass is 149 g/mol. The molecule has 0 radical (unpaired) electrons. The molecule has 0 aromatic rings. The normalized spacial score (nSPS) is 16.3.